The summed E-state index contributed by atoms with van der Waals surface area (Å²) in [4.78, 5) is 12.2. The molecule has 1 N–H and O–H groups in total. The summed E-state index contributed by atoms with van der Waals surface area (Å²) in [6.45, 7) is 20.2. The first-order valence-corrected chi connectivity index (χ1v) is 15.1. The van der Waals surface area contributed by atoms with Gasteiger partial charge in [-0.1, -0.05) is 41.5 Å². The third-order valence-electron chi connectivity index (χ3n) is 5.40. The standard InChI is InChI=1S/C24H52N2O5Si.ClH/c1-7-15-26(16-8-2,17-9-3)18-22-28-24(27)25-14-13-23-32(29-19-10-4,30-20-11-5)31-21-12-6;/h7-23H2,1-6H3;1H. The molecule has 0 bridgehead atoms. The van der Waals surface area contributed by atoms with E-state index in [9.17, 15) is 4.79 Å². The van der Waals surface area contributed by atoms with Crippen LogP contribution in [0.3, 0.4) is 0 Å². The van der Waals surface area contributed by atoms with Crippen molar-refractivity contribution in [1.29, 1.82) is 0 Å². The summed E-state index contributed by atoms with van der Waals surface area (Å²) in [5.41, 5.74) is 0. The van der Waals surface area contributed by atoms with Gasteiger partial charge in [0, 0.05) is 32.4 Å². The van der Waals surface area contributed by atoms with E-state index < -0.39 is 8.80 Å². The number of alkyl carbamates (subject to hydrolysis) is 1. The van der Waals surface area contributed by atoms with E-state index in [4.69, 9.17) is 18.0 Å². The Labute approximate surface area is 211 Å². The Balaban J connectivity index is 0. The van der Waals surface area contributed by atoms with Gasteiger partial charge in [-0.2, -0.15) is 0 Å². The lowest BCUT2D eigenvalue weighted by Crippen LogP contribution is -3.00. The molecule has 0 atom stereocenters. The van der Waals surface area contributed by atoms with Gasteiger partial charge in [0.25, 0.3) is 0 Å². The molecule has 0 aromatic rings. The molecule has 0 aromatic carbocycles. The second kappa shape index (κ2) is 22.1. The summed E-state index contributed by atoms with van der Waals surface area (Å²) in [6.07, 6.45) is 6.65. The van der Waals surface area contributed by atoms with Gasteiger partial charge in [-0.15, -0.1) is 0 Å². The number of hydrogen-bond donors (Lipinski definition) is 1. The number of ether oxygens (including phenoxy) is 1. The summed E-state index contributed by atoms with van der Waals surface area (Å²) in [6, 6.07) is 0.705. The Kier molecular flexibility index (Phi) is 23.3. The highest BCUT2D eigenvalue weighted by atomic mass is 35.5. The van der Waals surface area contributed by atoms with Gasteiger partial charge in [-0.25, -0.2) is 4.79 Å². The van der Waals surface area contributed by atoms with Crippen LogP contribution in [0.4, 0.5) is 4.79 Å². The second-order valence-corrected chi connectivity index (χ2v) is 11.4. The van der Waals surface area contributed by atoms with Crippen LogP contribution in [0.15, 0.2) is 0 Å². The van der Waals surface area contributed by atoms with Crippen molar-refractivity contribution in [3.63, 3.8) is 0 Å². The largest absolute Gasteiger partial charge is 1.00 e. The van der Waals surface area contributed by atoms with E-state index >= 15 is 0 Å². The zero-order valence-electron chi connectivity index (χ0n) is 22.4. The van der Waals surface area contributed by atoms with Crippen molar-refractivity contribution in [2.45, 2.75) is 92.5 Å². The van der Waals surface area contributed by atoms with Crippen LogP contribution in [0.1, 0.15) is 86.5 Å². The molecular weight excluding hydrogens is 460 g/mol. The first-order chi connectivity index (χ1) is 15.5. The molecule has 0 aliphatic rings. The normalized spacial score (nSPS) is 11.8. The summed E-state index contributed by atoms with van der Waals surface area (Å²) >= 11 is 0. The van der Waals surface area contributed by atoms with E-state index in [1.165, 1.54) is 0 Å². The van der Waals surface area contributed by atoms with Crippen molar-refractivity contribution in [3.8, 4) is 0 Å². The van der Waals surface area contributed by atoms with Gasteiger partial charge in [0.15, 0.2) is 0 Å². The Morgan fingerprint density at radius 2 is 1.15 bits per heavy atom. The number of amides is 1. The smallest absolute Gasteiger partial charge is 0.501 e. The van der Waals surface area contributed by atoms with Crippen LogP contribution in [0, 0.1) is 0 Å². The predicted octanol–water partition coefficient (Wildman–Crippen LogP) is 2.37. The van der Waals surface area contributed by atoms with Crippen molar-refractivity contribution in [3.05, 3.63) is 0 Å². The molecule has 0 aromatic heterocycles. The highest BCUT2D eigenvalue weighted by molar-refractivity contribution is 6.60. The maximum absolute atomic E-state index is 12.2. The SMILES string of the molecule is CCCO[Si](CCCNC(=O)OCC[N+](CCC)(CCC)CCC)(OCCC)OCCC.[Cl-]. The molecule has 0 saturated carbocycles. The lowest BCUT2D eigenvalue weighted by molar-refractivity contribution is -0.928. The molecule has 0 heterocycles. The second-order valence-electron chi connectivity index (χ2n) is 8.63. The van der Waals surface area contributed by atoms with Gasteiger partial charge < -0.3 is 40.2 Å². The highest BCUT2D eigenvalue weighted by Gasteiger charge is 2.40. The quantitative estimate of drug-likeness (QED) is 0.137. The number of hydrogen-bond acceptors (Lipinski definition) is 5. The number of halogens is 1. The molecule has 0 spiro atoms. The van der Waals surface area contributed by atoms with Crippen LogP contribution < -0.4 is 17.7 Å². The Morgan fingerprint density at radius 1 is 0.697 bits per heavy atom. The molecule has 7 nitrogen and oxygen atoms in total. The molecule has 1 amide bonds. The highest BCUT2D eigenvalue weighted by Crippen LogP contribution is 2.19. The maximum Gasteiger partial charge on any atom is 0.501 e. The topological polar surface area (TPSA) is 66.0 Å². The summed E-state index contributed by atoms with van der Waals surface area (Å²) in [5.74, 6) is 0. The lowest BCUT2D eigenvalue weighted by atomic mass is 10.2. The zero-order chi connectivity index (χ0) is 24.1. The lowest BCUT2D eigenvalue weighted by Gasteiger charge is -2.38. The van der Waals surface area contributed by atoms with E-state index in [0.29, 0.717) is 39.0 Å². The third kappa shape index (κ3) is 16.0. The monoisotopic (exact) mass is 512 g/mol. The number of quaternary nitrogens is 1. The van der Waals surface area contributed by atoms with Crippen molar-refractivity contribution in [2.75, 3.05) is 59.2 Å². The Hall–Kier alpha value is -0.383. The number of rotatable bonds is 22. The number of nitrogens with zero attached hydrogens (tertiary/aromatic N) is 1. The molecule has 0 radical (unpaired) electrons. The molecule has 0 rings (SSSR count). The fraction of sp³-hybridized carbons (Fsp3) is 0.958. The van der Waals surface area contributed by atoms with E-state index in [1.807, 2.05) is 0 Å². The van der Waals surface area contributed by atoms with E-state index in [2.05, 4.69) is 46.9 Å². The third-order valence-corrected chi connectivity index (χ3v) is 8.30. The molecule has 33 heavy (non-hydrogen) atoms. The summed E-state index contributed by atoms with van der Waals surface area (Å²) in [7, 11) is -2.70. The average Bonchev–Trinajstić information content (AvgIpc) is 2.78. The van der Waals surface area contributed by atoms with Gasteiger partial charge in [0.1, 0.15) is 13.2 Å². The maximum atomic E-state index is 12.2. The first-order valence-electron chi connectivity index (χ1n) is 13.1. The van der Waals surface area contributed by atoms with Gasteiger partial charge in [0.05, 0.1) is 19.6 Å². The molecule has 0 saturated heterocycles. The fourth-order valence-electron chi connectivity index (χ4n) is 4.09. The summed E-state index contributed by atoms with van der Waals surface area (Å²) < 4.78 is 24.9. The molecule has 0 fully saturated rings. The minimum absolute atomic E-state index is 0. The van der Waals surface area contributed by atoms with Crippen molar-refractivity contribution < 1.29 is 39.7 Å². The van der Waals surface area contributed by atoms with Crippen LogP contribution in [0.5, 0.6) is 0 Å². The molecule has 0 unspecified atom stereocenters. The molecule has 0 aliphatic carbocycles. The van der Waals surface area contributed by atoms with Crippen LogP contribution >= 0.6 is 0 Å². The fourth-order valence-corrected chi connectivity index (χ4v) is 6.92. The van der Waals surface area contributed by atoms with Crippen LogP contribution in [0.25, 0.3) is 0 Å². The number of carbonyl (C=O) groups is 1. The van der Waals surface area contributed by atoms with Crippen molar-refractivity contribution in [2.24, 2.45) is 0 Å². The van der Waals surface area contributed by atoms with E-state index in [0.717, 1.165) is 75.6 Å². The van der Waals surface area contributed by atoms with Crippen LogP contribution in [-0.2, 0) is 18.0 Å². The molecular formula is C24H53ClN2O5Si. The molecule has 9 heteroatoms. The molecule has 0 aliphatic heterocycles. The van der Waals surface area contributed by atoms with Gasteiger partial charge in [0.2, 0.25) is 0 Å². The Morgan fingerprint density at radius 3 is 1.55 bits per heavy atom. The van der Waals surface area contributed by atoms with Crippen LogP contribution in [-0.4, -0.2) is 78.5 Å². The number of carbonyl (C=O) groups excluding carboxylic acids is 1. The first kappa shape index (κ1) is 34.8. The summed E-state index contributed by atoms with van der Waals surface area (Å²) in [5, 5.41) is 2.89. The minimum Gasteiger partial charge on any atom is -1.00 e. The minimum atomic E-state index is -2.70. The zero-order valence-corrected chi connectivity index (χ0v) is 24.1. The van der Waals surface area contributed by atoms with Gasteiger partial charge in [-0.05, 0) is 44.9 Å². The van der Waals surface area contributed by atoms with Gasteiger partial charge in [-0.3, -0.25) is 0 Å². The Bertz CT molecular complexity index is 422. The predicted molar refractivity (Wildman–Crippen MR) is 134 cm³/mol. The van der Waals surface area contributed by atoms with Gasteiger partial charge >= 0.3 is 14.9 Å². The van der Waals surface area contributed by atoms with E-state index in [1.54, 1.807) is 0 Å². The molecule has 200 valence electrons. The average molecular weight is 513 g/mol. The van der Waals surface area contributed by atoms with E-state index in [-0.39, 0.29) is 18.5 Å². The van der Waals surface area contributed by atoms with Crippen LogP contribution in [0.2, 0.25) is 6.04 Å². The number of nitrogens with one attached hydrogen (secondary N) is 1. The van der Waals surface area contributed by atoms with Crippen molar-refractivity contribution in [1.82, 2.24) is 5.32 Å². The van der Waals surface area contributed by atoms with Crippen molar-refractivity contribution >= 4 is 14.9 Å².